The number of carbonyl (C=O) groups excluding carboxylic acids is 1. The van der Waals surface area contributed by atoms with Gasteiger partial charge in [-0.25, -0.2) is 4.79 Å². The first-order valence-electron chi connectivity index (χ1n) is 12.1. The largest absolute Gasteiger partial charge is 0.479 e. The highest BCUT2D eigenvalue weighted by molar-refractivity contribution is 6.04. The number of rotatable bonds is 6. The number of nitrogens with two attached hydrogens (primary N) is 2. The number of carboxylic acids is 1. The molecular formula is C28H29N5O3. The second kappa shape index (κ2) is 9.47. The van der Waals surface area contributed by atoms with Crippen LogP contribution in [0.25, 0.3) is 21.7 Å². The molecule has 1 aliphatic carbocycles. The van der Waals surface area contributed by atoms with Crippen LogP contribution in [0, 0.1) is 5.41 Å². The van der Waals surface area contributed by atoms with E-state index in [9.17, 15) is 14.7 Å². The van der Waals surface area contributed by atoms with Gasteiger partial charge in [-0.05, 0) is 54.2 Å². The molecule has 8 nitrogen and oxygen atoms in total. The van der Waals surface area contributed by atoms with Crippen molar-refractivity contribution in [1.29, 1.82) is 5.41 Å². The van der Waals surface area contributed by atoms with Gasteiger partial charge in [0.25, 0.3) is 5.91 Å². The minimum Gasteiger partial charge on any atom is -0.479 e. The third-order valence-electron chi connectivity index (χ3n) is 7.10. The number of carbonyl (C=O) groups is 2. The fourth-order valence-electron chi connectivity index (χ4n) is 5.24. The molecule has 1 aliphatic rings. The zero-order valence-electron chi connectivity index (χ0n) is 19.8. The summed E-state index contributed by atoms with van der Waals surface area (Å²) in [5.74, 6) is -1.55. The van der Waals surface area contributed by atoms with E-state index in [0.29, 0.717) is 22.0 Å². The second-order valence-electron chi connectivity index (χ2n) is 9.48. The number of carboxylic acid groups (broad SMARTS) is 1. The monoisotopic (exact) mass is 483 g/mol. The van der Waals surface area contributed by atoms with Crippen molar-refractivity contribution < 1.29 is 14.7 Å². The van der Waals surface area contributed by atoms with Gasteiger partial charge >= 0.3 is 5.97 Å². The number of fused-ring (bicyclic) bond motifs is 2. The minimum atomic E-state index is -1.17. The van der Waals surface area contributed by atoms with Crippen molar-refractivity contribution in [3.05, 3.63) is 83.6 Å². The van der Waals surface area contributed by atoms with E-state index in [4.69, 9.17) is 16.9 Å². The molecule has 1 atom stereocenters. The molecule has 1 saturated carbocycles. The zero-order chi connectivity index (χ0) is 25.4. The summed E-state index contributed by atoms with van der Waals surface area (Å²) in [5.41, 5.74) is 13.6. The standard InChI is InChI=1S/C28H29N5O3/c29-19-10-12-20(13-11-19)32-27(34)24-14-17-8-9-18(26(30)31)15-23(17)33(24)25(28(35)36)22-7-3-5-16-4-1-2-6-21(16)22/h1-9,14-15,19-20,25H,10-13,29H2,(H3,30,31)(H,32,34)(H,35,36)/t19-,20-,25-/m1/s1. The molecule has 0 unspecified atom stereocenters. The molecule has 5 rings (SSSR count). The lowest BCUT2D eigenvalue weighted by Crippen LogP contribution is -2.41. The highest BCUT2D eigenvalue weighted by Crippen LogP contribution is 2.33. The van der Waals surface area contributed by atoms with Crippen molar-refractivity contribution in [2.24, 2.45) is 11.5 Å². The molecule has 36 heavy (non-hydrogen) atoms. The Balaban J connectivity index is 1.69. The van der Waals surface area contributed by atoms with Gasteiger partial charge in [-0.1, -0.05) is 54.6 Å². The van der Waals surface area contributed by atoms with Gasteiger partial charge in [-0.2, -0.15) is 0 Å². The Labute approximate surface area is 208 Å². The van der Waals surface area contributed by atoms with Gasteiger partial charge in [0.1, 0.15) is 11.5 Å². The van der Waals surface area contributed by atoms with Crippen molar-refractivity contribution >= 4 is 39.4 Å². The molecule has 7 N–H and O–H groups in total. The Hall–Kier alpha value is -4.17. The van der Waals surface area contributed by atoms with Crippen molar-refractivity contribution in [1.82, 2.24) is 9.88 Å². The summed E-state index contributed by atoms with van der Waals surface area (Å²) < 4.78 is 1.57. The fraction of sp³-hybridized carbons (Fsp3) is 0.250. The highest BCUT2D eigenvalue weighted by atomic mass is 16.4. The first kappa shape index (κ1) is 23.6. The Bertz CT molecular complexity index is 1480. The van der Waals surface area contributed by atoms with Crippen LogP contribution in [-0.4, -0.2) is 39.5 Å². The van der Waals surface area contributed by atoms with Gasteiger partial charge in [0.15, 0.2) is 6.04 Å². The molecule has 0 spiro atoms. The number of aliphatic carboxylic acids is 1. The van der Waals surface area contributed by atoms with E-state index in [0.717, 1.165) is 36.5 Å². The number of hydrogen-bond acceptors (Lipinski definition) is 4. The lowest BCUT2D eigenvalue weighted by Gasteiger charge is -2.27. The summed E-state index contributed by atoms with van der Waals surface area (Å²) in [7, 11) is 0. The third-order valence-corrected chi connectivity index (χ3v) is 7.10. The highest BCUT2D eigenvalue weighted by Gasteiger charge is 2.31. The Kier molecular flexibility index (Phi) is 6.20. The van der Waals surface area contributed by atoms with Crippen molar-refractivity contribution in [3.63, 3.8) is 0 Å². The predicted molar refractivity (Wildman–Crippen MR) is 140 cm³/mol. The molecular weight excluding hydrogens is 454 g/mol. The number of nitrogen functional groups attached to an aromatic ring is 1. The van der Waals surface area contributed by atoms with Gasteiger partial charge in [-0.3, -0.25) is 10.2 Å². The first-order chi connectivity index (χ1) is 17.3. The molecule has 0 bridgehead atoms. The fourth-order valence-corrected chi connectivity index (χ4v) is 5.24. The predicted octanol–water partition coefficient (Wildman–Crippen LogP) is 3.75. The number of benzene rings is 3. The normalized spacial score (nSPS) is 18.7. The van der Waals surface area contributed by atoms with E-state index in [-0.39, 0.29) is 29.5 Å². The van der Waals surface area contributed by atoms with Gasteiger partial charge < -0.3 is 26.5 Å². The van der Waals surface area contributed by atoms with Crippen LogP contribution in [-0.2, 0) is 4.79 Å². The van der Waals surface area contributed by atoms with Crippen LogP contribution in [0.5, 0.6) is 0 Å². The van der Waals surface area contributed by atoms with Gasteiger partial charge in [0.2, 0.25) is 0 Å². The molecule has 3 aromatic carbocycles. The number of amides is 1. The summed E-state index contributed by atoms with van der Waals surface area (Å²) >= 11 is 0. The summed E-state index contributed by atoms with van der Waals surface area (Å²) in [6.07, 6.45) is 3.24. The molecule has 1 amide bonds. The van der Waals surface area contributed by atoms with Gasteiger partial charge in [0, 0.05) is 23.0 Å². The zero-order valence-corrected chi connectivity index (χ0v) is 19.8. The van der Waals surface area contributed by atoms with Crippen molar-refractivity contribution in [3.8, 4) is 0 Å². The molecule has 0 aliphatic heterocycles. The summed E-state index contributed by atoms with van der Waals surface area (Å²) in [5, 5.41) is 23.9. The first-order valence-corrected chi connectivity index (χ1v) is 12.1. The molecule has 184 valence electrons. The second-order valence-corrected chi connectivity index (χ2v) is 9.48. The maximum absolute atomic E-state index is 13.6. The molecule has 1 heterocycles. The van der Waals surface area contributed by atoms with E-state index in [2.05, 4.69) is 5.32 Å². The average molecular weight is 484 g/mol. The van der Waals surface area contributed by atoms with Crippen molar-refractivity contribution in [2.45, 2.75) is 43.8 Å². The maximum Gasteiger partial charge on any atom is 0.331 e. The van der Waals surface area contributed by atoms with E-state index in [1.807, 2.05) is 36.4 Å². The molecule has 1 fully saturated rings. The minimum absolute atomic E-state index is 0.0163. The number of nitrogens with one attached hydrogen (secondary N) is 2. The van der Waals surface area contributed by atoms with E-state index < -0.39 is 12.0 Å². The Morgan fingerprint density at radius 3 is 2.42 bits per heavy atom. The van der Waals surface area contributed by atoms with Crippen LogP contribution in [0.15, 0.2) is 66.7 Å². The lowest BCUT2D eigenvalue weighted by atomic mass is 9.92. The number of nitrogens with zero attached hydrogens (tertiary/aromatic N) is 1. The molecule has 4 aromatic rings. The van der Waals surface area contributed by atoms with Crippen LogP contribution in [0.4, 0.5) is 0 Å². The Morgan fingerprint density at radius 1 is 0.972 bits per heavy atom. The topological polar surface area (TPSA) is 147 Å². The van der Waals surface area contributed by atoms with E-state index in [1.54, 1.807) is 34.9 Å². The molecule has 1 aromatic heterocycles. The van der Waals surface area contributed by atoms with Crippen molar-refractivity contribution in [2.75, 3.05) is 0 Å². The quantitative estimate of drug-likeness (QED) is 0.209. The van der Waals surface area contributed by atoms with Crippen LogP contribution in [0.2, 0.25) is 0 Å². The average Bonchev–Trinajstić information content (AvgIpc) is 3.24. The smallest absolute Gasteiger partial charge is 0.331 e. The van der Waals surface area contributed by atoms with Crippen LogP contribution in [0.3, 0.4) is 0 Å². The molecule has 0 saturated heterocycles. The summed E-state index contributed by atoms with van der Waals surface area (Å²) in [6.45, 7) is 0. The van der Waals surface area contributed by atoms with Gasteiger partial charge in [0.05, 0.1) is 5.52 Å². The number of amidine groups is 1. The molecule has 8 heteroatoms. The van der Waals surface area contributed by atoms with Gasteiger partial charge in [-0.15, -0.1) is 0 Å². The number of aromatic nitrogens is 1. The van der Waals surface area contributed by atoms with E-state index in [1.165, 1.54) is 0 Å². The third kappa shape index (κ3) is 4.31. The van der Waals surface area contributed by atoms with Crippen LogP contribution < -0.4 is 16.8 Å². The van der Waals surface area contributed by atoms with Crippen LogP contribution >= 0.6 is 0 Å². The number of hydrogen-bond donors (Lipinski definition) is 5. The maximum atomic E-state index is 13.6. The molecule has 0 radical (unpaired) electrons. The Morgan fingerprint density at radius 2 is 1.69 bits per heavy atom. The van der Waals surface area contributed by atoms with Crippen LogP contribution in [0.1, 0.15) is 53.3 Å². The lowest BCUT2D eigenvalue weighted by molar-refractivity contribution is -0.139. The van der Waals surface area contributed by atoms with E-state index >= 15 is 0 Å². The summed E-state index contributed by atoms with van der Waals surface area (Å²) in [4.78, 5) is 26.5. The SMILES string of the molecule is N=C(N)c1ccc2cc(C(=O)N[C@H]3CC[C@H](N)CC3)n([C@@H](C(=O)O)c3cccc4ccccc34)c2c1. The summed E-state index contributed by atoms with van der Waals surface area (Å²) in [6, 6.07) is 18.9.